The fourth-order valence-electron chi connectivity index (χ4n) is 3.59. The Hall–Kier alpha value is -2.74. The number of methoxy groups -OCH3 is 2. The Morgan fingerprint density at radius 3 is 2.48 bits per heavy atom. The lowest BCUT2D eigenvalue weighted by Gasteiger charge is -2.26. The van der Waals surface area contributed by atoms with E-state index in [1.807, 2.05) is 23.1 Å². The number of nitrogens with one attached hydrogen (secondary N) is 1. The monoisotopic (exact) mass is 408 g/mol. The van der Waals surface area contributed by atoms with E-state index in [4.69, 9.17) is 9.47 Å². The molecule has 0 bridgehead atoms. The van der Waals surface area contributed by atoms with Gasteiger partial charge < -0.3 is 14.8 Å². The highest BCUT2D eigenvalue weighted by Gasteiger charge is 2.31. The van der Waals surface area contributed by atoms with E-state index < -0.39 is 11.7 Å². The van der Waals surface area contributed by atoms with Gasteiger partial charge in [0.2, 0.25) is 5.91 Å². The smallest absolute Gasteiger partial charge is 0.416 e. The van der Waals surface area contributed by atoms with Crippen molar-refractivity contribution < 1.29 is 27.4 Å². The van der Waals surface area contributed by atoms with Crippen molar-refractivity contribution in [2.45, 2.75) is 25.1 Å². The summed E-state index contributed by atoms with van der Waals surface area (Å²) >= 11 is 0. The molecule has 1 fully saturated rings. The molecule has 156 valence electrons. The number of anilines is 1. The summed E-state index contributed by atoms with van der Waals surface area (Å²) in [6.07, 6.45) is -2.60. The van der Waals surface area contributed by atoms with Gasteiger partial charge in [-0.15, -0.1) is 0 Å². The molecule has 1 heterocycles. The van der Waals surface area contributed by atoms with Gasteiger partial charge in [-0.05, 0) is 61.9 Å². The molecule has 1 aliphatic heterocycles. The van der Waals surface area contributed by atoms with Gasteiger partial charge in [0.15, 0.2) is 0 Å². The first-order valence-corrected chi connectivity index (χ1v) is 9.25. The molecule has 0 spiro atoms. The number of amides is 1. The van der Waals surface area contributed by atoms with Crippen LogP contribution in [0.25, 0.3) is 0 Å². The SMILES string of the molecule is COc1ccc(OC)c(C2CCCN2CC(=O)Nc2ccc(C(F)(F)F)cc2)c1. The number of carbonyl (C=O) groups is 1. The summed E-state index contributed by atoms with van der Waals surface area (Å²) in [6, 6.07) is 9.99. The Balaban J connectivity index is 1.69. The van der Waals surface area contributed by atoms with E-state index in [0.717, 1.165) is 42.8 Å². The highest BCUT2D eigenvalue weighted by molar-refractivity contribution is 5.92. The van der Waals surface area contributed by atoms with Gasteiger partial charge in [0.25, 0.3) is 0 Å². The molecule has 29 heavy (non-hydrogen) atoms. The van der Waals surface area contributed by atoms with Crippen molar-refractivity contribution >= 4 is 11.6 Å². The number of nitrogens with zero attached hydrogens (tertiary/aromatic N) is 1. The Morgan fingerprint density at radius 1 is 1.14 bits per heavy atom. The van der Waals surface area contributed by atoms with E-state index in [2.05, 4.69) is 5.32 Å². The minimum atomic E-state index is -4.40. The first kappa shape index (κ1) is 21.0. The Labute approximate surface area is 167 Å². The third-order valence-corrected chi connectivity index (χ3v) is 5.00. The molecule has 0 aliphatic carbocycles. The summed E-state index contributed by atoms with van der Waals surface area (Å²) in [5, 5.41) is 2.67. The van der Waals surface area contributed by atoms with E-state index in [9.17, 15) is 18.0 Å². The molecule has 5 nitrogen and oxygen atoms in total. The van der Waals surface area contributed by atoms with Crippen LogP contribution in [0.2, 0.25) is 0 Å². The van der Waals surface area contributed by atoms with Crippen LogP contribution >= 0.6 is 0 Å². The summed E-state index contributed by atoms with van der Waals surface area (Å²) in [5.74, 6) is 1.16. The van der Waals surface area contributed by atoms with Crippen molar-refractivity contribution in [2.75, 3.05) is 32.6 Å². The number of carbonyl (C=O) groups excluding carboxylic acids is 1. The van der Waals surface area contributed by atoms with Gasteiger partial charge in [0.1, 0.15) is 11.5 Å². The highest BCUT2D eigenvalue weighted by Crippen LogP contribution is 2.38. The molecule has 0 aromatic heterocycles. The molecule has 1 amide bonds. The van der Waals surface area contributed by atoms with Crippen LogP contribution in [0.5, 0.6) is 11.5 Å². The lowest BCUT2D eigenvalue weighted by atomic mass is 10.0. The van der Waals surface area contributed by atoms with Crippen molar-refractivity contribution in [3.63, 3.8) is 0 Å². The van der Waals surface area contributed by atoms with Gasteiger partial charge in [0.05, 0.1) is 26.3 Å². The lowest BCUT2D eigenvalue weighted by Crippen LogP contribution is -2.33. The number of rotatable bonds is 6. The van der Waals surface area contributed by atoms with E-state index in [-0.39, 0.29) is 18.5 Å². The summed E-state index contributed by atoms with van der Waals surface area (Å²) in [5.41, 5.74) is 0.532. The molecule has 1 saturated heterocycles. The van der Waals surface area contributed by atoms with Crippen molar-refractivity contribution in [1.29, 1.82) is 0 Å². The first-order valence-electron chi connectivity index (χ1n) is 9.25. The predicted octanol–water partition coefficient (Wildman–Crippen LogP) is 4.50. The fraction of sp³-hybridized carbons (Fsp3) is 0.381. The minimum absolute atomic E-state index is 0.00148. The molecule has 1 unspecified atom stereocenters. The molecule has 2 aromatic rings. The number of halogens is 3. The normalized spacial score (nSPS) is 17.2. The molecule has 3 rings (SSSR count). The molecule has 0 radical (unpaired) electrons. The van der Waals surface area contributed by atoms with Gasteiger partial charge in [-0.25, -0.2) is 0 Å². The van der Waals surface area contributed by atoms with E-state index in [0.29, 0.717) is 11.4 Å². The third-order valence-electron chi connectivity index (χ3n) is 5.00. The second kappa shape index (κ2) is 8.73. The van der Waals surface area contributed by atoms with Gasteiger partial charge in [-0.1, -0.05) is 0 Å². The quantitative estimate of drug-likeness (QED) is 0.765. The number of likely N-dealkylation sites (tertiary alicyclic amines) is 1. The van der Waals surface area contributed by atoms with Crippen molar-refractivity contribution in [3.05, 3.63) is 53.6 Å². The molecule has 1 atom stereocenters. The maximum atomic E-state index is 12.7. The van der Waals surface area contributed by atoms with Gasteiger partial charge in [-0.3, -0.25) is 9.69 Å². The zero-order chi connectivity index (χ0) is 21.0. The molecule has 2 aromatic carbocycles. The van der Waals surface area contributed by atoms with Crippen LogP contribution in [0.15, 0.2) is 42.5 Å². The molecule has 1 aliphatic rings. The van der Waals surface area contributed by atoms with Crippen molar-refractivity contribution in [3.8, 4) is 11.5 Å². The standard InChI is InChI=1S/C21H23F3N2O3/c1-28-16-9-10-19(29-2)17(12-16)18-4-3-11-26(18)13-20(27)25-15-7-5-14(6-8-15)21(22,23)24/h5-10,12,18H,3-4,11,13H2,1-2H3,(H,25,27). The number of benzene rings is 2. The Morgan fingerprint density at radius 2 is 1.86 bits per heavy atom. The van der Waals surface area contributed by atoms with Crippen LogP contribution in [0, 0.1) is 0 Å². The maximum Gasteiger partial charge on any atom is 0.416 e. The summed E-state index contributed by atoms with van der Waals surface area (Å²) in [4.78, 5) is 14.5. The molecule has 0 saturated carbocycles. The second-order valence-corrected chi connectivity index (χ2v) is 6.86. The number of ether oxygens (including phenoxy) is 2. The Kier molecular flexibility index (Phi) is 6.32. The third kappa shape index (κ3) is 5.00. The van der Waals surface area contributed by atoms with Crippen LogP contribution in [0.4, 0.5) is 18.9 Å². The van der Waals surface area contributed by atoms with Crippen LogP contribution in [-0.2, 0) is 11.0 Å². The molecule has 1 N–H and O–H groups in total. The van der Waals surface area contributed by atoms with Gasteiger partial charge in [-0.2, -0.15) is 13.2 Å². The predicted molar refractivity (Wildman–Crippen MR) is 103 cm³/mol. The van der Waals surface area contributed by atoms with Crippen LogP contribution < -0.4 is 14.8 Å². The largest absolute Gasteiger partial charge is 0.497 e. The van der Waals surface area contributed by atoms with Crippen LogP contribution in [-0.4, -0.2) is 38.1 Å². The molecular weight excluding hydrogens is 385 g/mol. The number of hydrogen-bond donors (Lipinski definition) is 1. The first-order chi connectivity index (χ1) is 13.8. The second-order valence-electron chi connectivity index (χ2n) is 6.86. The highest BCUT2D eigenvalue weighted by atomic mass is 19.4. The van der Waals surface area contributed by atoms with Crippen molar-refractivity contribution in [2.24, 2.45) is 0 Å². The topological polar surface area (TPSA) is 50.8 Å². The van der Waals surface area contributed by atoms with E-state index in [1.54, 1.807) is 14.2 Å². The lowest BCUT2D eigenvalue weighted by molar-refractivity contribution is -0.137. The van der Waals surface area contributed by atoms with Gasteiger partial charge in [0, 0.05) is 17.3 Å². The zero-order valence-electron chi connectivity index (χ0n) is 16.3. The summed E-state index contributed by atoms with van der Waals surface area (Å²) < 4.78 is 48.8. The van der Waals surface area contributed by atoms with Crippen LogP contribution in [0.3, 0.4) is 0 Å². The fourth-order valence-corrected chi connectivity index (χ4v) is 3.59. The average Bonchev–Trinajstić information content (AvgIpc) is 3.14. The molecular formula is C21H23F3N2O3. The number of alkyl halides is 3. The van der Waals surface area contributed by atoms with E-state index >= 15 is 0 Å². The molecule has 8 heteroatoms. The summed E-state index contributed by atoms with van der Waals surface area (Å²) in [6.45, 7) is 0.873. The minimum Gasteiger partial charge on any atom is -0.497 e. The van der Waals surface area contributed by atoms with E-state index in [1.165, 1.54) is 12.1 Å². The Bertz CT molecular complexity index is 853. The number of hydrogen-bond acceptors (Lipinski definition) is 4. The average molecular weight is 408 g/mol. The van der Waals surface area contributed by atoms with Gasteiger partial charge >= 0.3 is 6.18 Å². The maximum absolute atomic E-state index is 12.7. The zero-order valence-corrected chi connectivity index (χ0v) is 16.3. The van der Waals surface area contributed by atoms with Crippen LogP contribution in [0.1, 0.15) is 30.0 Å². The van der Waals surface area contributed by atoms with Crippen molar-refractivity contribution in [1.82, 2.24) is 4.90 Å². The summed E-state index contributed by atoms with van der Waals surface area (Å²) in [7, 11) is 3.19.